The van der Waals surface area contributed by atoms with Gasteiger partial charge in [0, 0.05) is 38.8 Å². The summed E-state index contributed by atoms with van der Waals surface area (Å²) in [6.45, 7) is 5.64. The molecule has 1 fully saturated rings. The Morgan fingerprint density at radius 3 is 2.79 bits per heavy atom. The Labute approximate surface area is 121 Å². The van der Waals surface area contributed by atoms with Crippen molar-refractivity contribution in [2.24, 2.45) is 5.73 Å². The monoisotopic (exact) mass is 303 g/mol. The number of halogens is 1. The van der Waals surface area contributed by atoms with E-state index in [4.69, 9.17) is 22.1 Å². The lowest BCUT2D eigenvalue weighted by Gasteiger charge is -2.32. The van der Waals surface area contributed by atoms with Gasteiger partial charge in [-0.05, 0) is 7.05 Å². The lowest BCUT2D eigenvalue weighted by molar-refractivity contribution is 0.0998. The first-order valence-electron chi connectivity index (χ1n) is 6.19. The molecule has 0 saturated carbocycles. The Morgan fingerprint density at radius 1 is 1.47 bits per heavy atom. The number of hydrogen-bond donors (Lipinski definition) is 1. The third-order valence-corrected chi connectivity index (χ3v) is 4.41. The third-order valence-electron chi connectivity index (χ3n) is 3.15. The first-order valence-corrected chi connectivity index (χ1v) is 7.38. The third kappa shape index (κ3) is 4.07. The summed E-state index contributed by atoms with van der Waals surface area (Å²) >= 11 is 7.02. The Bertz CT molecular complexity index is 444. The van der Waals surface area contributed by atoms with Gasteiger partial charge in [-0.1, -0.05) is 11.6 Å². The molecular weight excluding hydrogens is 286 g/mol. The maximum absolute atomic E-state index is 11.2. The fraction of sp³-hybridized carbons (Fsp3) is 0.583. The zero-order valence-electron chi connectivity index (χ0n) is 10.9. The molecule has 5 nitrogen and oxygen atoms in total. The molecule has 0 atom stereocenters. The van der Waals surface area contributed by atoms with Crippen LogP contribution in [0.2, 0.25) is 4.34 Å². The minimum absolute atomic E-state index is 0.392. The van der Waals surface area contributed by atoms with Crippen LogP contribution in [0.3, 0.4) is 0 Å². The molecule has 106 valence electrons. The van der Waals surface area contributed by atoms with Gasteiger partial charge in [-0.2, -0.15) is 0 Å². The predicted molar refractivity (Wildman–Crippen MR) is 77.3 cm³/mol. The molecule has 19 heavy (non-hydrogen) atoms. The molecule has 1 aromatic rings. The molecule has 1 saturated heterocycles. The van der Waals surface area contributed by atoms with Gasteiger partial charge in [-0.15, -0.1) is 11.3 Å². The number of primary amides is 1. The van der Waals surface area contributed by atoms with E-state index in [1.165, 1.54) is 0 Å². The van der Waals surface area contributed by atoms with E-state index in [1.54, 1.807) is 6.07 Å². The van der Waals surface area contributed by atoms with Gasteiger partial charge in [0.25, 0.3) is 5.91 Å². The van der Waals surface area contributed by atoms with E-state index < -0.39 is 5.91 Å². The molecule has 0 aliphatic carbocycles. The number of rotatable bonds is 5. The summed E-state index contributed by atoms with van der Waals surface area (Å²) in [5, 5.41) is 0. The number of nitrogens with zero attached hydrogens (tertiary/aromatic N) is 2. The number of thiophene rings is 1. The molecular formula is C12H18ClN3O2S. The summed E-state index contributed by atoms with van der Waals surface area (Å²) in [4.78, 5) is 16.3. The molecule has 2 N–H and O–H groups in total. The smallest absolute Gasteiger partial charge is 0.262 e. The van der Waals surface area contributed by atoms with Gasteiger partial charge in [0.2, 0.25) is 0 Å². The lowest BCUT2D eigenvalue weighted by atomic mass is 10.3. The van der Waals surface area contributed by atoms with Gasteiger partial charge in [0.1, 0.15) is 17.2 Å². The Morgan fingerprint density at radius 2 is 2.16 bits per heavy atom. The van der Waals surface area contributed by atoms with Crippen molar-refractivity contribution in [3.63, 3.8) is 0 Å². The van der Waals surface area contributed by atoms with E-state index in [9.17, 15) is 4.79 Å². The van der Waals surface area contributed by atoms with E-state index in [0.717, 1.165) is 44.1 Å². The summed E-state index contributed by atoms with van der Waals surface area (Å²) < 4.78 is 6.14. The zero-order chi connectivity index (χ0) is 13.8. The molecule has 7 heteroatoms. The molecule has 2 heterocycles. The lowest BCUT2D eigenvalue weighted by Crippen LogP contribution is -2.45. The molecule has 2 rings (SSSR count). The number of carbonyl (C=O) groups excluding carboxylic acids is 1. The van der Waals surface area contributed by atoms with E-state index in [-0.39, 0.29) is 0 Å². The highest BCUT2D eigenvalue weighted by atomic mass is 35.5. The maximum Gasteiger partial charge on any atom is 0.262 e. The number of nitrogens with two attached hydrogens (primary N) is 1. The van der Waals surface area contributed by atoms with Crippen molar-refractivity contribution in [1.82, 2.24) is 9.80 Å². The molecule has 1 amide bonds. The fourth-order valence-electron chi connectivity index (χ4n) is 1.98. The normalized spacial score (nSPS) is 17.6. The van der Waals surface area contributed by atoms with Gasteiger partial charge < -0.3 is 15.4 Å². The topological polar surface area (TPSA) is 58.8 Å². The average Bonchev–Trinajstić information content (AvgIpc) is 2.73. The highest BCUT2D eigenvalue weighted by Gasteiger charge is 2.16. The van der Waals surface area contributed by atoms with Crippen molar-refractivity contribution in [2.75, 3.05) is 46.4 Å². The van der Waals surface area contributed by atoms with Crippen LogP contribution in [0.5, 0.6) is 5.75 Å². The van der Waals surface area contributed by atoms with E-state index in [2.05, 4.69) is 16.8 Å². The Balaban J connectivity index is 1.81. The second-order valence-electron chi connectivity index (χ2n) is 4.60. The molecule has 0 unspecified atom stereocenters. The predicted octanol–water partition coefficient (Wildman–Crippen LogP) is 1.13. The van der Waals surface area contributed by atoms with E-state index in [0.29, 0.717) is 21.6 Å². The molecule has 0 aromatic carbocycles. The number of amides is 1. The largest absolute Gasteiger partial charge is 0.490 e. The molecule has 1 aliphatic rings. The summed E-state index contributed by atoms with van der Waals surface area (Å²) in [7, 11) is 2.13. The SMILES string of the molecule is CN1CCN(CCOc2cc(Cl)sc2C(N)=O)CC1. The molecule has 1 aliphatic heterocycles. The summed E-state index contributed by atoms with van der Waals surface area (Å²) in [5.41, 5.74) is 5.27. The van der Waals surface area contributed by atoms with Crippen LogP contribution in [0.1, 0.15) is 9.67 Å². The summed E-state index contributed by atoms with van der Waals surface area (Å²) in [5.74, 6) is 0.00289. The number of piperazine rings is 1. The van der Waals surface area contributed by atoms with Crippen molar-refractivity contribution in [3.05, 3.63) is 15.3 Å². The van der Waals surface area contributed by atoms with Crippen LogP contribution in [0.25, 0.3) is 0 Å². The van der Waals surface area contributed by atoms with Crippen LogP contribution in [-0.4, -0.2) is 62.1 Å². The van der Waals surface area contributed by atoms with Crippen LogP contribution in [0, 0.1) is 0 Å². The van der Waals surface area contributed by atoms with Crippen molar-refractivity contribution >= 4 is 28.8 Å². The van der Waals surface area contributed by atoms with Crippen LogP contribution >= 0.6 is 22.9 Å². The van der Waals surface area contributed by atoms with Gasteiger partial charge in [-0.3, -0.25) is 9.69 Å². The fourth-order valence-corrected chi connectivity index (χ4v) is 2.99. The molecule has 0 bridgehead atoms. The Hall–Kier alpha value is -0.820. The van der Waals surface area contributed by atoms with Crippen molar-refractivity contribution < 1.29 is 9.53 Å². The Kier molecular flexibility index (Phi) is 5.04. The summed E-state index contributed by atoms with van der Waals surface area (Å²) in [6, 6.07) is 1.65. The van der Waals surface area contributed by atoms with Crippen LogP contribution in [0.15, 0.2) is 6.07 Å². The molecule has 0 spiro atoms. The van der Waals surface area contributed by atoms with Crippen molar-refractivity contribution in [3.8, 4) is 5.75 Å². The van der Waals surface area contributed by atoms with E-state index in [1.807, 2.05) is 0 Å². The quantitative estimate of drug-likeness (QED) is 0.886. The van der Waals surface area contributed by atoms with Crippen molar-refractivity contribution in [2.45, 2.75) is 0 Å². The minimum atomic E-state index is -0.494. The zero-order valence-corrected chi connectivity index (χ0v) is 12.5. The van der Waals surface area contributed by atoms with Gasteiger partial charge >= 0.3 is 0 Å². The number of hydrogen-bond acceptors (Lipinski definition) is 5. The standard InChI is InChI=1S/C12H18ClN3O2S/c1-15-2-4-16(5-3-15)6-7-18-9-8-10(13)19-11(9)12(14)17/h8H,2-7H2,1H3,(H2,14,17). The summed E-state index contributed by atoms with van der Waals surface area (Å²) in [6.07, 6.45) is 0. The first kappa shape index (κ1) is 14.6. The van der Waals surface area contributed by atoms with Crippen LogP contribution < -0.4 is 10.5 Å². The van der Waals surface area contributed by atoms with Crippen LogP contribution in [-0.2, 0) is 0 Å². The van der Waals surface area contributed by atoms with Gasteiger partial charge in [0.15, 0.2) is 0 Å². The second-order valence-corrected chi connectivity index (χ2v) is 6.29. The van der Waals surface area contributed by atoms with Gasteiger partial charge in [0.05, 0.1) is 4.34 Å². The van der Waals surface area contributed by atoms with E-state index >= 15 is 0 Å². The second kappa shape index (κ2) is 6.56. The minimum Gasteiger partial charge on any atom is -0.490 e. The average molecular weight is 304 g/mol. The van der Waals surface area contributed by atoms with Gasteiger partial charge in [-0.25, -0.2) is 0 Å². The first-order chi connectivity index (χ1) is 9.06. The molecule has 1 aromatic heterocycles. The van der Waals surface area contributed by atoms with Crippen LogP contribution in [0.4, 0.5) is 0 Å². The van der Waals surface area contributed by atoms with Crippen molar-refractivity contribution in [1.29, 1.82) is 0 Å². The number of ether oxygens (including phenoxy) is 1. The highest BCUT2D eigenvalue weighted by Crippen LogP contribution is 2.32. The maximum atomic E-state index is 11.2. The number of carbonyl (C=O) groups is 1. The molecule has 0 radical (unpaired) electrons. The number of likely N-dealkylation sites (N-methyl/N-ethyl adjacent to an activating group) is 1. The highest BCUT2D eigenvalue weighted by molar-refractivity contribution is 7.18.